The first kappa shape index (κ1) is 22.5. The largest absolute Gasteiger partial charge is 0.294 e. The van der Waals surface area contributed by atoms with E-state index in [-0.39, 0.29) is 5.91 Å². The lowest BCUT2D eigenvalue weighted by Gasteiger charge is -2.38. The SMILES string of the molecule is CC#N.N#Cc1ccc2c(c1)CCCC(N1CCN(c3cc4ccccc4cn3)C(=O)C1)C2. The number of aryl methyl sites for hydroxylation is 1. The van der Waals surface area contributed by atoms with Crippen LogP contribution in [0, 0.1) is 22.7 Å². The van der Waals surface area contributed by atoms with E-state index in [0.717, 1.165) is 54.4 Å². The van der Waals surface area contributed by atoms with Crippen LogP contribution in [-0.2, 0) is 17.6 Å². The average Bonchev–Trinajstić information content (AvgIpc) is 3.06. The molecule has 1 aliphatic heterocycles. The summed E-state index contributed by atoms with van der Waals surface area (Å²) in [6.07, 6.45) is 5.98. The van der Waals surface area contributed by atoms with Crippen LogP contribution < -0.4 is 4.90 Å². The van der Waals surface area contributed by atoms with E-state index in [1.807, 2.05) is 47.5 Å². The summed E-state index contributed by atoms with van der Waals surface area (Å²) in [6.45, 7) is 3.39. The van der Waals surface area contributed by atoms with Gasteiger partial charge in [0.15, 0.2) is 0 Å². The third-order valence-electron chi connectivity index (χ3n) is 6.43. The molecular weight excluding hydrogens is 410 g/mol. The molecule has 1 aromatic heterocycles. The number of anilines is 1. The van der Waals surface area contributed by atoms with E-state index >= 15 is 0 Å². The van der Waals surface area contributed by atoms with Gasteiger partial charge in [0.05, 0.1) is 24.2 Å². The van der Waals surface area contributed by atoms with Crippen molar-refractivity contribution in [2.75, 3.05) is 24.5 Å². The maximum Gasteiger partial charge on any atom is 0.242 e. The zero-order valence-electron chi connectivity index (χ0n) is 18.9. The first-order valence-electron chi connectivity index (χ1n) is 11.3. The fourth-order valence-electron chi connectivity index (χ4n) is 4.79. The number of hydrogen-bond donors (Lipinski definition) is 0. The molecule has 1 amide bonds. The number of amides is 1. The Labute approximate surface area is 194 Å². The summed E-state index contributed by atoms with van der Waals surface area (Å²) < 4.78 is 0. The molecule has 33 heavy (non-hydrogen) atoms. The first-order chi connectivity index (χ1) is 16.1. The molecule has 0 spiro atoms. The van der Waals surface area contributed by atoms with Crippen molar-refractivity contribution in [3.8, 4) is 12.1 Å². The van der Waals surface area contributed by atoms with E-state index in [1.165, 1.54) is 18.1 Å². The Morgan fingerprint density at radius 2 is 1.82 bits per heavy atom. The lowest BCUT2D eigenvalue weighted by atomic mass is 9.98. The van der Waals surface area contributed by atoms with Crippen molar-refractivity contribution in [3.05, 3.63) is 71.4 Å². The van der Waals surface area contributed by atoms with E-state index in [4.69, 9.17) is 10.5 Å². The summed E-state index contributed by atoms with van der Waals surface area (Å²) in [5.74, 6) is 0.863. The van der Waals surface area contributed by atoms with Gasteiger partial charge < -0.3 is 0 Å². The second kappa shape index (κ2) is 10.3. The highest BCUT2D eigenvalue weighted by Gasteiger charge is 2.31. The van der Waals surface area contributed by atoms with Crippen molar-refractivity contribution in [2.45, 2.75) is 38.6 Å². The van der Waals surface area contributed by atoms with Crippen LogP contribution in [0.5, 0.6) is 0 Å². The predicted octanol–water partition coefficient (Wildman–Crippen LogP) is 4.23. The van der Waals surface area contributed by atoms with Gasteiger partial charge in [-0.05, 0) is 60.4 Å². The summed E-state index contributed by atoms with van der Waals surface area (Å²) >= 11 is 0. The summed E-state index contributed by atoms with van der Waals surface area (Å²) in [5, 5.41) is 18.7. The van der Waals surface area contributed by atoms with Gasteiger partial charge in [-0.25, -0.2) is 4.98 Å². The first-order valence-corrected chi connectivity index (χ1v) is 11.3. The Balaban J connectivity index is 0.000000821. The molecule has 5 rings (SSSR count). The molecule has 2 heterocycles. The number of aromatic nitrogens is 1. The number of carbonyl (C=O) groups excluding carboxylic acids is 1. The molecule has 1 aliphatic carbocycles. The normalized spacial score (nSPS) is 18.3. The average molecular weight is 438 g/mol. The number of hydrogen-bond acceptors (Lipinski definition) is 5. The number of benzene rings is 2. The fraction of sp³-hybridized carbons (Fsp3) is 0.333. The Bertz CT molecular complexity index is 1240. The summed E-state index contributed by atoms with van der Waals surface area (Å²) in [4.78, 5) is 21.7. The van der Waals surface area contributed by atoms with Crippen LogP contribution in [0.3, 0.4) is 0 Å². The predicted molar refractivity (Wildman–Crippen MR) is 129 cm³/mol. The highest BCUT2D eigenvalue weighted by Crippen LogP contribution is 2.27. The van der Waals surface area contributed by atoms with Crippen molar-refractivity contribution in [3.63, 3.8) is 0 Å². The van der Waals surface area contributed by atoms with Crippen LogP contribution in [0.1, 0.15) is 36.5 Å². The van der Waals surface area contributed by atoms with Crippen LogP contribution in [0.15, 0.2) is 54.7 Å². The molecule has 0 saturated carbocycles. The van der Waals surface area contributed by atoms with E-state index in [2.05, 4.69) is 28.1 Å². The maximum atomic E-state index is 13.0. The molecule has 6 nitrogen and oxygen atoms in total. The monoisotopic (exact) mass is 437 g/mol. The maximum absolute atomic E-state index is 13.0. The second-order valence-corrected chi connectivity index (χ2v) is 8.47. The van der Waals surface area contributed by atoms with Gasteiger partial charge in [-0.1, -0.05) is 30.3 Å². The van der Waals surface area contributed by atoms with Crippen molar-refractivity contribution >= 4 is 22.5 Å². The molecule has 2 aromatic carbocycles. The minimum atomic E-state index is 0.119. The topological polar surface area (TPSA) is 84.0 Å². The fourth-order valence-corrected chi connectivity index (χ4v) is 4.79. The van der Waals surface area contributed by atoms with Gasteiger partial charge in [-0.15, -0.1) is 0 Å². The number of nitrogens with zero attached hydrogens (tertiary/aromatic N) is 5. The zero-order chi connectivity index (χ0) is 23.2. The van der Waals surface area contributed by atoms with Crippen LogP contribution in [0.2, 0.25) is 0 Å². The molecule has 1 saturated heterocycles. The lowest BCUT2D eigenvalue weighted by Crippen LogP contribution is -2.54. The number of piperazine rings is 1. The minimum absolute atomic E-state index is 0.119. The van der Waals surface area contributed by atoms with Gasteiger partial charge in [0.1, 0.15) is 5.82 Å². The van der Waals surface area contributed by atoms with E-state index in [9.17, 15) is 4.79 Å². The van der Waals surface area contributed by atoms with E-state index < -0.39 is 0 Å². The highest BCUT2D eigenvalue weighted by atomic mass is 16.2. The summed E-state index contributed by atoms with van der Waals surface area (Å²) in [5.41, 5.74) is 3.35. The highest BCUT2D eigenvalue weighted by molar-refractivity contribution is 5.96. The molecule has 1 unspecified atom stereocenters. The molecule has 6 heteroatoms. The third kappa shape index (κ3) is 5.03. The number of carbonyl (C=O) groups is 1. The van der Waals surface area contributed by atoms with E-state index in [1.54, 1.807) is 6.07 Å². The van der Waals surface area contributed by atoms with Gasteiger partial charge in [0, 0.05) is 37.6 Å². The van der Waals surface area contributed by atoms with Crippen LogP contribution in [0.25, 0.3) is 10.8 Å². The van der Waals surface area contributed by atoms with Gasteiger partial charge in [0.2, 0.25) is 5.91 Å². The molecular formula is C27H27N5O. The van der Waals surface area contributed by atoms with Crippen molar-refractivity contribution in [1.82, 2.24) is 9.88 Å². The quantitative estimate of drug-likeness (QED) is 0.560. The van der Waals surface area contributed by atoms with Crippen molar-refractivity contribution < 1.29 is 4.79 Å². The molecule has 0 N–H and O–H groups in total. The Morgan fingerprint density at radius 1 is 1.03 bits per heavy atom. The third-order valence-corrected chi connectivity index (χ3v) is 6.43. The van der Waals surface area contributed by atoms with Gasteiger partial charge in [-0.2, -0.15) is 10.5 Å². The molecule has 1 atom stereocenters. The standard InChI is InChI=1S/C25H24N4O.C2H3N/c26-15-18-8-9-21-13-23(7-3-6-19(21)12-18)28-10-11-29(25(30)17-28)24-14-20-4-1-2-5-22(20)16-27-24;1-2-3/h1-2,4-5,8-9,12,14,16,23H,3,6-7,10-11,13,17H2;1H3. The zero-order valence-corrected chi connectivity index (χ0v) is 18.9. The summed E-state index contributed by atoms with van der Waals surface area (Å²) in [7, 11) is 0. The van der Waals surface area contributed by atoms with Gasteiger partial charge in [0.25, 0.3) is 0 Å². The molecule has 0 radical (unpaired) electrons. The molecule has 1 fully saturated rings. The minimum Gasteiger partial charge on any atom is -0.294 e. The lowest BCUT2D eigenvalue weighted by molar-refractivity contribution is -0.122. The van der Waals surface area contributed by atoms with Crippen LogP contribution in [0.4, 0.5) is 5.82 Å². The molecule has 0 bridgehead atoms. The Kier molecular flexibility index (Phi) is 6.98. The Hall–Kier alpha value is -3.74. The second-order valence-electron chi connectivity index (χ2n) is 8.47. The van der Waals surface area contributed by atoms with Crippen molar-refractivity contribution in [1.29, 1.82) is 10.5 Å². The number of fused-ring (bicyclic) bond motifs is 2. The van der Waals surface area contributed by atoms with Gasteiger partial charge in [-0.3, -0.25) is 14.6 Å². The number of pyridine rings is 1. The smallest absolute Gasteiger partial charge is 0.242 e. The molecule has 3 aromatic rings. The van der Waals surface area contributed by atoms with Gasteiger partial charge >= 0.3 is 0 Å². The number of rotatable bonds is 2. The molecule has 166 valence electrons. The van der Waals surface area contributed by atoms with E-state index in [0.29, 0.717) is 19.1 Å². The number of nitriles is 2. The Morgan fingerprint density at radius 3 is 2.58 bits per heavy atom. The molecule has 2 aliphatic rings. The van der Waals surface area contributed by atoms with Crippen molar-refractivity contribution in [2.24, 2.45) is 0 Å². The van der Waals surface area contributed by atoms with Crippen LogP contribution >= 0.6 is 0 Å². The summed E-state index contributed by atoms with van der Waals surface area (Å²) in [6, 6.07) is 20.5. The van der Waals surface area contributed by atoms with Crippen LogP contribution in [-0.4, -0.2) is 41.5 Å².